The Morgan fingerprint density at radius 3 is 0.861 bits per heavy atom. The van der Waals surface area contributed by atoms with Gasteiger partial charge in [-0.15, -0.1) is 0 Å². The predicted molar refractivity (Wildman–Crippen MR) is 140 cm³/mol. The minimum Gasteiger partial charge on any atom is -0.379 e. The normalized spacial score (nSPS) is 11.5. The molecule has 2 N–H and O–H groups in total. The number of rotatable bonds is 33. The smallest absolute Gasteiger partial charge is 0.0701 e. The van der Waals surface area contributed by atoms with E-state index in [2.05, 4.69) is 6.92 Å². The van der Waals surface area contributed by atoms with Gasteiger partial charge < -0.3 is 48.4 Å². The number of ether oxygens (including phenoxy) is 9. The average molecular weight is 526 g/mol. The zero-order valence-electron chi connectivity index (χ0n) is 22.9. The van der Waals surface area contributed by atoms with Gasteiger partial charge in [0, 0.05) is 13.2 Å². The molecule has 0 heterocycles. The van der Waals surface area contributed by atoms with Crippen molar-refractivity contribution in [3.8, 4) is 0 Å². The number of nitrogens with two attached hydrogens (primary N) is 1. The third kappa shape index (κ3) is 33.6. The van der Waals surface area contributed by atoms with E-state index in [-0.39, 0.29) is 0 Å². The van der Waals surface area contributed by atoms with Crippen LogP contribution in [0.25, 0.3) is 0 Å². The van der Waals surface area contributed by atoms with Crippen LogP contribution >= 0.6 is 0 Å². The summed E-state index contributed by atoms with van der Waals surface area (Å²) in [4.78, 5) is 0. The van der Waals surface area contributed by atoms with E-state index in [1.165, 1.54) is 32.1 Å². The van der Waals surface area contributed by atoms with Crippen molar-refractivity contribution in [2.24, 2.45) is 5.73 Å². The molecular weight excluding hydrogens is 470 g/mol. The lowest BCUT2D eigenvalue weighted by molar-refractivity contribution is -0.0249. The third-order valence-electron chi connectivity index (χ3n) is 4.88. The van der Waals surface area contributed by atoms with Crippen LogP contribution in [0.4, 0.5) is 0 Å². The summed E-state index contributed by atoms with van der Waals surface area (Å²) in [5, 5.41) is 0. The van der Waals surface area contributed by atoms with Crippen LogP contribution in [0.1, 0.15) is 45.4 Å². The monoisotopic (exact) mass is 525 g/mol. The molecule has 0 bridgehead atoms. The molecule has 36 heavy (non-hydrogen) atoms. The van der Waals surface area contributed by atoms with Gasteiger partial charge in [-0.25, -0.2) is 0 Å². The van der Waals surface area contributed by atoms with Crippen molar-refractivity contribution in [1.82, 2.24) is 0 Å². The van der Waals surface area contributed by atoms with Gasteiger partial charge >= 0.3 is 0 Å². The van der Waals surface area contributed by atoms with Gasteiger partial charge in [0.15, 0.2) is 0 Å². The fraction of sp³-hybridized carbons (Fsp3) is 1.00. The Labute approximate surface area is 219 Å². The minimum atomic E-state index is 0.532. The number of hydrogen-bond acceptors (Lipinski definition) is 10. The molecule has 0 aromatic rings. The van der Waals surface area contributed by atoms with E-state index < -0.39 is 0 Å². The first-order valence-electron chi connectivity index (χ1n) is 13.8. The summed E-state index contributed by atoms with van der Waals surface area (Å²) in [6.45, 7) is 13.1. The van der Waals surface area contributed by atoms with E-state index in [9.17, 15) is 0 Å². The second-order valence-electron chi connectivity index (χ2n) is 8.07. The van der Waals surface area contributed by atoms with Crippen molar-refractivity contribution in [2.75, 3.05) is 125 Å². The van der Waals surface area contributed by atoms with Crippen LogP contribution in [-0.2, 0) is 42.6 Å². The van der Waals surface area contributed by atoms with E-state index in [4.69, 9.17) is 48.4 Å². The summed E-state index contributed by atoms with van der Waals surface area (Å²) in [5.41, 5.74) is 5.32. The molecule has 0 fully saturated rings. The van der Waals surface area contributed by atoms with Crippen LogP contribution in [0.3, 0.4) is 0 Å². The Morgan fingerprint density at radius 2 is 0.556 bits per heavy atom. The maximum Gasteiger partial charge on any atom is 0.0701 e. The van der Waals surface area contributed by atoms with Gasteiger partial charge in [0.05, 0.1) is 112 Å². The lowest BCUT2D eigenvalue weighted by Crippen LogP contribution is -2.15. The van der Waals surface area contributed by atoms with Gasteiger partial charge in [-0.1, -0.05) is 39.0 Å². The van der Waals surface area contributed by atoms with Gasteiger partial charge in [-0.2, -0.15) is 0 Å². The Bertz CT molecular complexity index is 347. The number of unbranched alkanes of at least 4 members (excludes halogenated alkanes) is 5. The van der Waals surface area contributed by atoms with Gasteiger partial charge in [-0.3, -0.25) is 0 Å². The van der Waals surface area contributed by atoms with E-state index >= 15 is 0 Å². The van der Waals surface area contributed by atoms with Crippen LogP contribution in [0.2, 0.25) is 0 Å². The van der Waals surface area contributed by atoms with Gasteiger partial charge in [0.2, 0.25) is 0 Å². The SMILES string of the molecule is CCCCCCCCOCCOCCOCCOCCOCCOCCOCCOCCOCCN. The molecule has 0 saturated heterocycles. The highest BCUT2D eigenvalue weighted by atomic mass is 16.6. The van der Waals surface area contributed by atoms with E-state index in [1.807, 2.05) is 0 Å². The Morgan fingerprint density at radius 1 is 0.306 bits per heavy atom. The van der Waals surface area contributed by atoms with Crippen molar-refractivity contribution >= 4 is 0 Å². The first-order valence-corrected chi connectivity index (χ1v) is 13.8. The van der Waals surface area contributed by atoms with Crippen LogP contribution in [-0.4, -0.2) is 125 Å². The summed E-state index contributed by atoms with van der Waals surface area (Å²) in [6.07, 6.45) is 7.71. The molecule has 0 saturated carbocycles. The summed E-state index contributed by atoms with van der Waals surface area (Å²) in [6, 6.07) is 0. The lowest BCUT2D eigenvalue weighted by atomic mass is 10.1. The topological polar surface area (TPSA) is 109 Å². The quantitative estimate of drug-likeness (QED) is 0.128. The standard InChI is InChI=1S/C26H55NO9/c1-2-3-4-5-6-7-9-28-11-13-30-15-17-32-19-21-34-23-25-36-26-24-35-22-20-33-18-16-31-14-12-29-10-8-27/h2-27H2,1H3. The van der Waals surface area contributed by atoms with Crippen molar-refractivity contribution < 1.29 is 42.6 Å². The zero-order valence-corrected chi connectivity index (χ0v) is 22.9. The average Bonchev–Trinajstić information content (AvgIpc) is 2.89. The molecular formula is C26H55NO9. The van der Waals surface area contributed by atoms with Crippen LogP contribution in [0.5, 0.6) is 0 Å². The molecule has 10 nitrogen and oxygen atoms in total. The molecule has 0 aromatic heterocycles. The summed E-state index contributed by atoms with van der Waals surface area (Å²) in [5.74, 6) is 0. The van der Waals surface area contributed by atoms with Gasteiger partial charge in [-0.05, 0) is 6.42 Å². The molecule has 0 spiro atoms. The van der Waals surface area contributed by atoms with E-state index in [0.29, 0.717) is 119 Å². The first-order chi connectivity index (χ1) is 17.9. The Kier molecular flexibility index (Phi) is 34.2. The van der Waals surface area contributed by atoms with Gasteiger partial charge in [0.25, 0.3) is 0 Å². The Balaban J connectivity index is 3.00. The largest absolute Gasteiger partial charge is 0.379 e. The van der Waals surface area contributed by atoms with Crippen LogP contribution < -0.4 is 5.73 Å². The summed E-state index contributed by atoms with van der Waals surface area (Å²) >= 11 is 0. The molecule has 0 unspecified atom stereocenters. The third-order valence-corrected chi connectivity index (χ3v) is 4.88. The molecule has 0 rings (SSSR count). The second kappa shape index (κ2) is 34.6. The van der Waals surface area contributed by atoms with Crippen molar-refractivity contribution in [3.05, 3.63) is 0 Å². The Hall–Kier alpha value is -0.400. The second-order valence-corrected chi connectivity index (χ2v) is 8.07. The molecule has 0 amide bonds. The van der Waals surface area contributed by atoms with E-state index in [1.54, 1.807) is 0 Å². The fourth-order valence-electron chi connectivity index (χ4n) is 2.93. The number of hydrogen-bond donors (Lipinski definition) is 1. The van der Waals surface area contributed by atoms with Crippen molar-refractivity contribution in [2.45, 2.75) is 45.4 Å². The van der Waals surface area contributed by atoms with Crippen molar-refractivity contribution in [1.29, 1.82) is 0 Å². The molecule has 0 aliphatic heterocycles. The molecule has 0 atom stereocenters. The van der Waals surface area contributed by atoms with Gasteiger partial charge in [0.1, 0.15) is 0 Å². The molecule has 0 aromatic carbocycles. The molecule has 10 heteroatoms. The summed E-state index contributed by atoms with van der Waals surface area (Å²) in [7, 11) is 0. The predicted octanol–water partition coefficient (Wildman–Crippen LogP) is 2.46. The molecule has 0 aliphatic carbocycles. The molecule has 0 radical (unpaired) electrons. The minimum absolute atomic E-state index is 0.532. The maximum absolute atomic E-state index is 5.57. The zero-order chi connectivity index (χ0) is 26.0. The highest BCUT2D eigenvalue weighted by Crippen LogP contribution is 2.04. The highest BCUT2D eigenvalue weighted by Gasteiger charge is 1.96. The maximum atomic E-state index is 5.57. The highest BCUT2D eigenvalue weighted by molar-refractivity contribution is 4.44. The lowest BCUT2D eigenvalue weighted by Gasteiger charge is -2.09. The van der Waals surface area contributed by atoms with E-state index in [0.717, 1.165) is 13.0 Å². The van der Waals surface area contributed by atoms with Crippen LogP contribution in [0, 0.1) is 0 Å². The fourth-order valence-corrected chi connectivity index (χ4v) is 2.93. The molecule has 0 aliphatic rings. The van der Waals surface area contributed by atoms with Crippen LogP contribution in [0.15, 0.2) is 0 Å². The summed E-state index contributed by atoms with van der Waals surface area (Å²) < 4.78 is 48.9. The first kappa shape index (κ1) is 35.6. The molecule has 218 valence electrons. The van der Waals surface area contributed by atoms with Crippen molar-refractivity contribution in [3.63, 3.8) is 0 Å².